The van der Waals surface area contributed by atoms with Crippen LogP contribution < -0.4 is 11.5 Å². The molecule has 5 heteroatoms. The summed E-state index contributed by atoms with van der Waals surface area (Å²) in [5.41, 5.74) is 12.4. The second kappa shape index (κ2) is 5.16. The highest BCUT2D eigenvalue weighted by Gasteiger charge is 2.31. The third kappa shape index (κ3) is 2.95. The average molecular weight is 235 g/mol. The second-order valence-corrected chi connectivity index (χ2v) is 4.27. The molecule has 17 heavy (non-hydrogen) atoms. The van der Waals surface area contributed by atoms with Crippen molar-refractivity contribution in [1.82, 2.24) is 4.90 Å². The van der Waals surface area contributed by atoms with Crippen molar-refractivity contribution >= 4 is 6.09 Å². The number of benzene rings is 1. The Labute approximate surface area is 100 Å². The normalized spacial score (nSPS) is 23.8. The smallest absolute Gasteiger partial charge is 0.410 e. The minimum atomic E-state index is -0.350. The minimum Gasteiger partial charge on any atom is -0.445 e. The Kier molecular flexibility index (Phi) is 3.61. The lowest BCUT2D eigenvalue weighted by Crippen LogP contribution is -2.39. The SMILES string of the molecule is N[C@H]1CN(C(=O)OCc2ccccc2)C[C@@H]1N. The standard InChI is InChI=1S/C12H17N3O2/c13-10-6-15(7-11(10)14)12(16)17-8-9-4-2-1-3-5-9/h1-5,10-11H,6-8,13-14H2/t10-,11-/m0/s1. The van der Waals surface area contributed by atoms with Crippen LogP contribution in [-0.4, -0.2) is 36.2 Å². The van der Waals surface area contributed by atoms with Gasteiger partial charge in [-0.15, -0.1) is 0 Å². The first kappa shape index (κ1) is 11.9. The van der Waals surface area contributed by atoms with E-state index in [0.717, 1.165) is 5.56 Å². The van der Waals surface area contributed by atoms with Crippen LogP contribution in [0.15, 0.2) is 30.3 Å². The maximum Gasteiger partial charge on any atom is 0.410 e. The van der Waals surface area contributed by atoms with Gasteiger partial charge in [0.1, 0.15) is 6.61 Å². The number of rotatable bonds is 2. The zero-order valence-electron chi connectivity index (χ0n) is 9.58. The summed E-state index contributed by atoms with van der Waals surface area (Å²) in [5.74, 6) is 0. The number of hydrogen-bond acceptors (Lipinski definition) is 4. The maximum atomic E-state index is 11.7. The lowest BCUT2D eigenvalue weighted by atomic mass is 10.2. The van der Waals surface area contributed by atoms with Crippen LogP contribution in [0.2, 0.25) is 0 Å². The van der Waals surface area contributed by atoms with E-state index in [2.05, 4.69) is 0 Å². The molecule has 1 fully saturated rings. The first-order chi connectivity index (χ1) is 8.16. The van der Waals surface area contributed by atoms with E-state index in [1.54, 1.807) is 4.90 Å². The van der Waals surface area contributed by atoms with Crippen molar-refractivity contribution in [3.8, 4) is 0 Å². The predicted molar refractivity (Wildman–Crippen MR) is 64.2 cm³/mol. The lowest BCUT2D eigenvalue weighted by molar-refractivity contribution is 0.103. The van der Waals surface area contributed by atoms with E-state index in [-0.39, 0.29) is 24.8 Å². The van der Waals surface area contributed by atoms with E-state index in [9.17, 15) is 4.79 Å². The molecule has 1 aromatic rings. The molecule has 0 spiro atoms. The Hall–Kier alpha value is -1.59. The van der Waals surface area contributed by atoms with Crippen molar-refractivity contribution < 1.29 is 9.53 Å². The van der Waals surface area contributed by atoms with Gasteiger partial charge in [0, 0.05) is 25.2 Å². The van der Waals surface area contributed by atoms with Gasteiger partial charge in [0.25, 0.3) is 0 Å². The van der Waals surface area contributed by atoms with Crippen molar-refractivity contribution in [2.24, 2.45) is 11.5 Å². The lowest BCUT2D eigenvalue weighted by Gasteiger charge is -2.15. The molecule has 1 aliphatic rings. The van der Waals surface area contributed by atoms with Gasteiger partial charge >= 0.3 is 6.09 Å². The number of ether oxygens (including phenoxy) is 1. The van der Waals surface area contributed by atoms with Gasteiger partial charge in [-0.3, -0.25) is 0 Å². The summed E-state index contributed by atoms with van der Waals surface area (Å²) in [6.45, 7) is 1.21. The number of carbonyl (C=O) groups is 1. The van der Waals surface area contributed by atoms with E-state index in [0.29, 0.717) is 13.1 Å². The van der Waals surface area contributed by atoms with Crippen LogP contribution >= 0.6 is 0 Å². The molecule has 0 aliphatic carbocycles. The Morgan fingerprint density at radius 3 is 2.41 bits per heavy atom. The monoisotopic (exact) mass is 235 g/mol. The highest BCUT2D eigenvalue weighted by atomic mass is 16.6. The summed E-state index contributed by atoms with van der Waals surface area (Å²) in [5, 5.41) is 0. The van der Waals surface area contributed by atoms with Gasteiger partial charge in [-0.05, 0) is 5.56 Å². The fraction of sp³-hybridized carbons (Fsp3) is 0.417. The van der Waals surface area contributed by atoms with E-state index >= 15 is 0 Å². The van der Waals surface area contributed by atoms with Crippen LogP contribution in [0.1, 0.15) is 5.56 Å². The van der Waals surface area contributed by atoms with Crippen molar-refractivity contribution in [2.45, 2.75) is 18.7 Å². The van der Waals surface area contributed by atoms with Crippen molar-refractivity contribution in [3.63, 3.8) is 0 Å². The summed E-state index contributed by atoms with van der Waals surface area (Å²) in [7, 11) is 0. The number of nitrogens with zero attached hydrogens (tertiary/aromatic N) is 1. The summed E-state index contributed by atoms with van der Waals surface area (Å²) in [6.07, 6.45) is -0.350. The molecule has 2 rings (SSSR count). The van der Waals surface area contributed by atoms with Crippen LogP contribution in [-0.2, 0) is 11.3 Å². The second-order valence-electron chi connectivity index (χ2n) is 4.27. The van der Waals surface area contributed by atoms with E-state index in [1.807, 2.05) is 30.3 Å². The van der Waals surface area contributed by atoms with Crippen LogP contribution in [0, 0.1) is 0 Å². The minimum absolute atomic E-state index is 0.153. The highest BCUT2D eigenvalue weighted by Crippen LogP contribution is 2.09. The quantitative estimate of drug-likeness (QED) is 0.772. The fourth-order valence-electron chi connectivity index (χ4n) is 1.81. The maximum absolute atomic E-state index is 11.7. The topological polar surface area (TPSA) is 81.6 Å². The molecule has 0 radical (unpaired) electrons. The van der Waals surface area contributed by atoms with Gasteiger partial charge in [0.2, 0.25) is 0 Å². The Morgan fingerprint density at radius 2 is 1.82 bits per heavy atom. The van der Waals surface area contributed by atoms with Gasteiger partial charge < -0.3 is 21.1 Å². The molecule has 1 saturated heterocycles. The number of likely N-dealkylation sites (tertiary alicyclic amines) is 1. The Balaban J connectivity index is 1.82. The summed E-state index contributed by atoms with van der Waals surface area (Å²) >= 11 is 0. The predicted octanol–water partition coefficient (Wildman–Crippen LogP) is 0.293. The van der Waals surface area contributed by atoms with Crippen molar-refractivity contribution in [1.29, 1.82) is 0 Å². The molecule has 92 valence electrons. The molecule has 0 aromatic heterocycles. The molecule has 0 saturated carbocycles. The van der Waals surface area contributed by atoms with E-state index in [1.165, 1.54) is 0 Å². The molecule has 5 nitrogen and oxygen atoms in total. The third-order valence-electron chi connectivity index (χ3n) is 2.88. The molecule has 1 aromatic carbocycles. The molecular weight excluding hydrogens is 218 g/mol. The molecule has 1 heterocycles. The number of carbonyl (C=O) groups excluding carboxylic acids is 1. The van der Waals surface area contributed by atoms with Crippen LogP contribution in [0.4, 0.5) is 4.79 Å². The zero-order chi connectivity index (χ0) is 12.3. The average Bonchev–Trinajstić information content (AvgIpc) is 2.68. The van der Waals surface area contributed by atoms with Crippen LogP contribution in [0.3, 0.4) is 0 Å². The first-order valence-corrected chi connectivity index (χ1v) is 5.63. The largest absolute Gasteiger partial charge is 0.445 e. The number of nitrogens with two attached hydrogens (primary N) is 2. The molecule has 0 unspecified atom stereocenters. The molecule has 2 atom stereocenters. The van der Waals surface area contributed by atoms with Gasteiger partial charge in [0.15, 0.2) is 0 Å². The molecular formula is C12H17N3O2. The highest BCUT2D eigenvalue weighted by molar-refractivity contribution is 5.68. The number of amides is 1. The van der Waals surface area contributed by atoms with E-state index < -0.39 is 0 Å². The Bertz CT molecular complexity index is 373. The molecule has 0 bridgehead atoms. The molecule has 4 N–H and O–H groups in total. The van der Waals surface area contributed by atoms with Gasteiger partial charge in [0.05, 0.1) is 0 Å². The van der Waals surface area contributed by atoms with Gasteiger partial charge in [-0.2, -0.15) is 0 Å². The van der Waals surface area contributed by atoms with Crippen molar-refractivity contribution in [2.75, 3.05) is 13.1 Å². The molecule has 1 amide bonds. The van der Waals surface area contributed by atoms with Crippen LogP contribution in [0.25, 0.3) is 0 Å². The summed E-state index contributed by atoms with van der Waals surface area (Å²) in [6, 6.07) is 9.25. The summed E-state index contributed by atoms with van der Waals surface area (Å²) in [4.78, 5) is 13.3. The first-order valence-electron chi connectivity index (χ1n) is 5.63. The summed E-state index contributed by atoms with van der Waals surface area (Å²) < 4.78 is 5.18. The zero-order valence-corrected chi connectivity index (χ0v) is 9.58. The Morgan fingerprint density at radius 1 is 1.24 bits per heavy atom. The van der Waals surface area contributed by atoms with Crippen LogP contribution in [0.5, 0.6) is 0 Å². The van der Waals surface area contributed by atoms with Crippen molar-refractivity contribution in [3.05, 3.63) is 35.9 Å². The van der Waals surface area contributed by atoms with Gasteiger partial charge in [-0.1, -0.05) is 30.3 Å². The number of hydrogen-bond donors (Lipinski definition) is 2. The van der Waals surface area contributed by atoms with Gasteiger partial charge in [-0.25, -0.2) is 4.79 Å². The fourth-order valence-corrected chi connectivity index (χ4v) is 1.81. The third-order valence-corrected chi connectivity index (χ3v) is 2.88. The van der Waals surface area contributed by atoms with E-state index in [4.69, 9.17) is 16.2 Å². The molecule has 1 aliphatic heterocycles.